The van der Waals surface area contributed by atoms with Crippen molar-refractivity contribution in [2.75, 3.05) is 6.54 Å². The average Bonchev–Trinajstić information content (AvgIpc) is 2.85. The number of hydrogen-bond acceptors (Lipinski definition) is 4. The highest BCUT2D eigenvalue weighted by Gasteiger charge is 2.15. The molecule has 0 aromatic carbocycles. The number of nitrogens with one attached hydrogen (secondary N) is 1. The van der Waals surface area contributed by atoms with Crippen LogP contribution < -0.4 is 5.32 Å². The second-order valence-electron chi connectivity index (χ2n) is 4.05. The first-order valence-corrected chi connectivity index (χ1v) is 6.27. The third kappa shape index (κ3) is 3.75. The van der Waals surface area contributed by atoms with E-state index in [-0.39, 0.29) is 5.91 Å². The molecule has 0 unspecified atom stereocenters. The van der Waals surface area contributed by atoms with Crippen LogP contribution in [0, 0.1) is 0 Å². The Bertz CT molecular complexity index is 542. The lowest BCUT2D eigenvalue weighted by molar-refractivity contribution is -0.124. The lowest BCUT2D eigenvalue weighted by atomic mass is 10.3. The minimum Gasteiger partial charge on any atom is -0.354 e. The first-order chi connectivity index (χ1) is 9.16. The van der Waals surface area contributed by atoms with E-state index in [2.05, 4.69) is 20.4 Å². The predicted octanol–water partition coefficient (Wildman–Crippen LogP) is 1.25. The molecular weight excluding hydrogens is 266 g/mol. The summed E-state index contributed by atoms with van der Waals surface area (Å²) in [5.74, 6) is -0.108. The van der Waals surface area contributed by atoms with Gasteiger partial charge in [-0.2, -0.15) is 5.10 Å². The van der Waals surface area contributed by atoms with Crippen molar-refractivity contribution in [1.82, 2.24) is 25.1 Å². The second kappa shape index (κ2) is 6.29. The van der Waals surface area contributed by atoms with Gasteiger partial charge in [-0.25, -0.2) is 0 Å². The van der Waals surface area contributed by atoms with Crippen LogP contribution in [0.15, 0.2) is 31.0 Å². The zero-order chi connectivity index (χ0) is 13.7. The van der Waals surface area contributed by atoms with Gasteiger partial charge in [-0.3, -0.25) is 19.4 Å². The van der Waals surface area contributed by atoms with Crippen LogP contribution in [0.4, 0.5) is 0 Å². The SMILES string of the molecule is C[C@@H](C(=O)NCCc1cnccn1)n1cc(Cl)cn1. The van der Waals surface area contributed by atoms with E-state index in [1.165, 1.54) is 10.9 Å². The third-order valence-electron chi connectivity index (χ3n) is 2.64. The summed E-state index contributed by atoms with van der Waals surface area (Å²) in [7, 11) is 0. The Morgan fingerprint density at radius 1 is 1.47 bits per heavy atom. The third-order valence-corrected chi connectivity index (χ3v) is 2.84. The summed E-state index contributed by atoms with van der Waals surface area (Å²) < 4.78 is 1.53. The number of halogens is 1. The molecule has 0 fully saturated rings. The molecule has 0 bridgehead atoms. The molecule has 2 aromatic heterocycles. The zero-order valence-electron chi connectivity index (χ0n) is 10.5. The Labute approximate surface area is 115 Å². The van der Waals surface area contributed by atoms with Crippen molar-refractivity contribution in [3.63, 3.8) is 0 Å². The summed E-state index contributed by atoms with van der Waals surface area (Å²) in [6, 6.07) is -0.394. The van der Waals surface area contributed by atoms with Crippen LogP contribution >= 0.6 is 11.6 Å². The van der Waals surface area contributed by atoms with Crippen LogP contribution in [-0.4, -0.2) is 32.2 Å². The summed E-state index contributed by atoms with van der Waals surface area (Å²) >= 11 is 5.76. The maximum atomic E-state index is 11.9. The Kier molecular flexibility index (Phi) is 4.46. The molecular formula is C12H14ClN5O. The first kappa shape index (κ1) is 13.5. The maximum Gasteiger partial charge on any atom is 0.244 e. The van der Waals surface area contributed by atoms with E-state index in [1.54, 1.807) is 31.7 Å². The van der Waals surface area contributed by atoms with Gasteiger partial charge >= 0.3 is 0 Å². The molecule has 1 atom stereocenters. The van der Waals surface area contributed by atoms with Crippen molar-refractivity contribution >= 4 is 17.5 Å². The normalized spacial score (nSPS) is 12.1. The van der Waals surface area contributed by atoms with Gasteiger partial charge in [0.1, 0.15) is 6.04 Å². The van der Waals surface area contributed by atoms with Crippen molar-refractivity contribution in [2.45, 2.75) is 19.4 Å². The molecule has 0 saturated heterocycles. The second-order valence-corrected chi connectivity index (χ2v) is 4.49. The Morgan fingerprint density at radius 3 is 2.95 bits per heavy atom. The van der Waals surface area contributed by atoms with Crippen LogP contribution in [0.5, 0.6) is 0 Å². The molecule has 0 radical (unpaired) electrons. The van der Waals surface area contributed by atoms with Crippen molar-refractivity contribution in [3.8, 4) is 0 Å². The molecule has 0 aliphatic rings. The fourth-order valence-electron chi connectivity index (χ4n) is 1.57. The quantitative estimate of drug-likeness (QED) is 0.894. The standard InChI is InChI=1S/C12H14ClN5O/c1-9(18-8-10(13)6-17-18)12(19)16-3-2-11-7-14-4-5-15-11/h4-9H,2-3H2,1H3,(H,16,19)/t9-/m0/s1. The number of rotatable bonds is 5. The van der Waals surface area contributed by atoms with Crippen molar-refractivity contribution < 1.29 is 4.79 Å². The summed E-state index contributed by atoms with van der Waals surface area (Å²) in [5.41, 5.74) is 0.845. The maximum absolute atomic E-state index is 11.9. The summed E-state index contributed by atoms with van der Waals surface area (Å²) in [6.07, 6.45) is 8.70. The fraction of sp³-hybridized carbons (Fsp3) is 0.333. The number of hydrogen-bond donors (Lipinski definition) is 1. The largest absolute Gasteiger partial charge is 0.354 e. The van der Waals surface area contributed by atoms with Crippen LogP contribution in [0.3, 0.4) is 0 Å². The van der Waals surface area contributed by atoms with Gasteiger partial charge in [-0.05, 0) is 6.92 Å². The van der Waals surface area contributed by atoms with E-state index >= 15 is 0 Å². The highest BCUT2D eigenvalue weighted by Crippen LogP contribution is 2.10. The molecule has 1 N–H and O–H groups in total. The lowest BCUT2D eigenvalue weighted by Gasteiger charge is -2.12. The van der Waals surface area contributed by atoms with E-state index in [9.17, 15) is 4.79 Å². The van der Waals surface area contributed by atoms with Crippen molar-refractivity contribution in [1.29, 1.82) is 0 Å². The molecule has 0 spiro atoms. The Balaban J connectivity index is 1.81. The van der Waals surface area contributed by atoms with Gasteiger partial charge in [0.25, 0.3) is 0 Å². The topological polar surface area (TPSA) is 72.7 Å². The fourth-order valence-corrected chi connectivity index (χ4v) is 1.71. The molecule has 100 valence electrons. The van der Waals surface area contributed by atoms with Gasteiger partial charge in [0.15, 0.2) is 0 Å². The summed E-state index contributed by atoms with van der Waals surface area (Å²) in [6.45, 7) is 2.28. The number of nitrogens with zero attached hydrogens (tertiary/aromatic N) is 4. The molecule has 7 heteroatoms. The zero-order valence-corrected chi connectivity index (χ0v) is 11.2. The van der Waals surface area contributed by atoms with Crippen LogP contribution in [-0.2, 0) is 11.2 Å². The molecule has 2 aromatic rings. The number of amides is 1. The highest BCUT2D eigenvalue weighted by molar-refractivity contribution is 6.30. The predicted molar refractivity (Wildman–Crippen MR) is 70.7 cm³/mol. The van der Waals surface area contributed by atoms with Gasteiger partial charge in [0.2, 0.25) is 5.91 Å². The van der Waals surface area contributed by atoms with E-state index in [1.807, 2.05) is 0 Å². The highest BCUT2D eigenvalue weighted by atomic mass is 35.5. The van der Waals surface area contributed by atoms with Crippen molar-refractivity contribution in [3.05, 3.63) is 41.7 Å². The average molecular weight is 280 g/mol. The summed E-state index contributed by atoms with van der Waals surface area (Å²) in [4.78, 5) is 20.0. The molecule has 2 rings (SSSR count). The van der Waals surface area contributed by atoms with Crippen LogP contribution in [0.25, 0.3) is 0 Å². The molecule has 0 saturated carbocycles. The number of carbonyl (C=O) groups excluding carboxylic acids is 1. The van der Waals surface area contributed by atoms with Gasteiger partial charge in [-0.1, -0.05) is 11.6 Å². The number of carbonyl (C=O) groups is 1. The van der Waals surface area contributed by atoms with Gasteiger partial charge < -0.3 is 5.32 Å². The van der Waals surface area contributed by atoms with Gasteiger partial charge in [-0.15, -0.1) is 0 Å². The Hall–Kier alpha value is -1.95. The van der Waals surface area contributed by atoms with E-state index in [4.69, 9.17) is 11.6 Å². The van der Waals surface area contributed by atoms with Gasteiger partial charge in [0.05, 0.1) is 16.9 Å². The molecule has 0 aliphatic carbocycles. The van der Waals surface area contributed by atoms with E-state index in [0.29, 0.717) is 18.0 Å². The molecule has 6 nitrogen and oxygen atoms in total. The lowest BCUT2D eigenvalue weighted by Crippen LogP contribution is -2.32. The summed E-state index contributed by atoms with van der Waals surface area (Å²) in [5, 5.41) is 7.35. The van der Waals surface area contributed by atoms with Crippen molar-refractivity contribution in [2.24, 2.45) is 0 Å². The molecule has 0 aliphatic heterocycles. The molecule has 1 amide bonds. The molecule has 19 heavy (non-hydrogen) atoms. The monoisotopic (exact) mass is 279 g/mol. The van der Waals surface area contributed by atoms with Gasteiger partial charge in [0, 0.05) is 37.8 Å². The Morgan fingerprint density at radius 2 is 2.32 bits per heavy atom. The smallest absolute Gasteiger partial charge is 0.244 e. The van der Waals surface area contributed by atoms with E-state index in [0.717, 1.165) is 5.69 Å². The number of aromatic nitrogens is 4. The minimum atomic E-state index is -0.394. The molecule has 2 heterocycles. The minimum absolute atomic E-state index is 0.108. The first-order valence-electron chi connectivity index (χ1n) is 5.89. The van der Waals surface area contributed by atoms with Crippen LogP contribution in [0.2, 0.25) is 5.02 Å². The van der Waals surface area contributed by atoms with E-state index < -0.39 is 6.04 Å². The van der Waals surface area contributed by atoms with Crippen LogP contribution in [0.1, 0.15) is 18.7 Å².